The largest absolute Gasteiger partial charge is 0.497 e. The van der Waals surface area contributed by atoms with Crippen LogP contribution >= 0.6 is 27.3 Å². The molecule has 0 fully saturated rings. The van der Waals surface area contributed by atoms with Gasteiger partial charge in [0.15, 0.2) is 5.13 Å². The minimum absolute atomic E-state index is 0.0376. The quantitative estimate of drug-likeness (QED) is 0.511. The predicted molar refractivity (Wildman–Crippen MR) is 117 cm³/mol. The number of halogens is 1. The summed E-state index contributed by atoms with van der Waals surface area (Å²) in [7, 11) is -2.27. The highest BCUT2D eigenvalue weighted by Crippen LogP contribution is 2.23. The van der Waals surface area contributed by atoms with Crippen LogP contribution in [0.25, 0.3) is 0 Å². The van der Waals surface area contributed by atoms with Gasteiger partial charge in [-0.05, 0) is 55.0 Å². The molecule has 0 unspecified atom stereocenters. The number of hydrogen-bond acceptors (Lipinski definition) is 6. The van der Waals surface area contributed by atoms with E-state index in [4.69, 9.17) is 4.74 Å². The minimum Gasteiger partial charge on any atom is -0.497 e. The zero-order valence-electron chi connectivity index (χ0n) is 15.6. The van der Waals surface area contributed by atoms with E-state index in [1.54, 1.807) is 23.6 Å². The number of nitrogens with one attached hydrogen (secondary N) is 2. The third-order valence-corrected chi connectivity index (χ3v) is 7.11. The molecule has 2 N–H and O–H groups in total. The zero-order chi connectivity index (χ0) is 21.0. The summed E-state index contributed by atoms with van der Waals surface area (Å²) in [5.41, 5.74) is 2.17. The fourth-order valence-electron chi connectivity index (χ4n) is 2.46. The van der Waals surface area contributed by atoms with E-state index in [-0.39, 0.29) is 22.4 Å². The maximum atomic E-state index is 12.5. The van der Waals surface area contributed by atoms with Crippen molar-refractivity contribution in [3.8, 4) is 5.75 Å². The van der Waals surface area contributed by atoms with Crippen LogP contribution in [-0.4, -0.2) is 26.4 Å². The molecule has 0 spiro atoms. The number of benzene rings is 2. The molecule has 0 aliphatic carbocycles. The van der Waals surface area contributed by atoms with Crippen molar-refractivity contribution >= 4 is 54.0 Å². The first-order valence-electron chi connectivity index (χ1n) is 8.44. The molecule has 10 heteroatoms. The van der Waals surface area contributed by atoms with Gasteiger partial charge in [-0.1, -0.05) is 15.9 Å². The van der Waals surface area contributed by atoms with E-state index >= 15 is 0 Å². The number of anilines is 2. The van der Waals surface area contributed by atoms with Gasteiger partial charge < -0.3 is 10.1 Å². The normalized spacial score (nSPS) is 11.1. The van der Waals surface area contributed by atoms with Crippen molar-refractivity contribution in [2.24, 2.45) is 0 Å². The molecule has 0 bridgehead atoms. The van der Waals surface area contributed by atoms with Crippen LogP contribution < -0.4 is 14.8 Å². The maximum Gasteiger partial charge on any atom is 0.263 e. The topological polar surface area (TPSA) is 97.4 Å². The van der Waals surface area contributed by atoms with Crippen molar-refractivity contribution in [2.45, 2.75) is 18.2 Å². The lowest BCUT2D eigenvalue weighted by atomic mass is 10.2. The second-order valence-electron chi connectivity index (χ2n) is 6.11. The molecule has 3 rings (SSSR count). The molecule has 0 saturated heterocycles. The van der Waals surface area contributed by atoms with Crippen molar-refractivity contribution in [1.82, 2.24) is 4.98 Å². The Hall–Kier alpha value is -2.43. The highest BCUT2D eigenvalue weighted by Gasteiger charge is 2.17. The maximum absolute atomic E-state index is 12.5. The average molecular weight is 496 g/mol. The second-order valence-corrected chi connectivity index (χ2v) is 9.51. The van der Waals surface area contributed by atoms with Gasteiger partial charge in [-0.2, -0.15) is 0 Å². The number of ether oxygens (including phenoxy) is 1. The van der Waals surface area contributed by atoms with E-state index in [2.05, 4.69) is 31.0 Å². The molecular formula is C19H18BrN3O4S2. The van der Waals surface area contributed by atoms with Gasteiger partial charge in [0.1, 0.15) is 5.75 Å². The number of carbonyl (C=O) groups is 1. The Morgan fingerprint density at radius 1 is 1.21 bits per heavy atom. The van der Waals surface area contributed by atoms with Crippen LogP contribution in [0.1, 0.15) is 11.3 Å². The van der Waals surface area contributed by atoms with Crippen LogP contribution in [0.15, 0.2) is 57.2 Å². The summed E-state index contributed by atoms with van der Waals surface area (Å²) in [6, 6.07) is 11.5. The summed E-state index contributed by atoms with van der Waals surface area (Å²) in [6.07, 6.45) is 0.0376. The Bertz CT molecular complexity index is 1130. The molecule has 1 heterocycles. The van der Waals surface area contributed by atoms with E-state index in [1.807, 2.05) is 19.1 Å². The van der Waals surface area contributed by atoms with E-state index in [1.165, 1.54) is 19.2 Å². The number of amides is 1. The van der Waals surface area contributed by atoms with Crippen LogP contribution in [0.5, 0.6) is 5.75 Å². The lowest BCUT2D eigenvalue weighted by molar-refractivity contribution is -0.115. The Kier molecular flexibility index (Phi) is 6.56. The first-order chi connectivity index (χ1) is 13.8. The number of methoxy groups -OCH3 is 1. The van der Waals surface area contributed by atoms with Crippen LogP contribution in [0.3, 0.4) is 0 Å². The first kappa shape index (κ1) is 21.3. The standard InChI is InChI=1S/C19H18BrN3O4S2/c1-12-9-13(3-8-17(12)20)21-18(24)10-14-11-28-19(22-14)23-29(25,26)16-6-4-15(27-2)5-7-16/h3-9,11H,10H2,1-2H3,(H,21,24)(H,22,23). The second kappa shape index (κ2) is 8.93. The van der Waals surface area contributed by atoms with Gasteiger partial charge in [-0.3, -0.25) is 9.52 Å². The Labute approximate surface area is 181 Å². The molecular weight excluding hydrogens is 478 g/mol. The van der Waals surface area contributed by atoms with E-state index in [0.717, 1.165) is 21.4 Å². The van der Waals surface area contributed by atoms with Gasteiger partial charge >= 0.3 is 0 Å². The molecule has 3 aromatic rings. The number of rotatable bonds is 7. The summed E-state index contributed by atoms with van der Waals surface area (Å²) in [6.45, 7) is 1.93. The van der Waals surface area contributed by atoms with Crippen molar-refractivity contribution in [3.63, 3.8) is 0 Å². The van der Waals surface area contributed by atoms with Crippen molar-refractivity contribution in [1.29, 1.82) is 0 Å². The third-order valence-electron chi connectivity index (χ3n) is 3.93. The van der Waals surface area contributed by atoms with Gasteiger partial charge in [-0.15, -0.1) is 11.3 Å². The van der Waals surface area contributed by atoms with E-state index < -0.39 is 10.0 Å². The zero-order valence-corrected chi connectivity index (χ0v) is 18.8. The minimum atomic E-state index is -3.77. The lowest BCUT2D eigenvalue weighted by Gasteiger charge is -2.07. The Morgan fingerprint density at radius 3 is 2.59 bits per heavy atom. The highest BCUT2D eigenvalue weighted by atomic mass is 79.9. The lowest BCUT2D eigenvalue weighted by Crippen LogP contribution is -2.15. The molecule has 29 heavy (non-hydrogen) atoms. The summed E-state index contributed by atoms with van der Waals surface area (Å²) in [5, 5.41) is 4.66. The molecule has 7 nitrogen and oxygen atoms in total. The van der Waals surface area contributed by atoms with Gasteiger partial charge in [0.2, 0.25) is 5.91 Å². The highest BCUT2D eigenvalue weighted by molar-refractivity contribution is 9.10. The van der Waals surface area contributed by atoms with Gasteiger partial charge in [0.05, 0.1) is 24.1 Å². The number of carbonyl (C=O) groups excluding carboxylic acids is 1. The molecule has 1 amide bonds. The summed E-state index contributed by atoms with van der Waals surface area (Å²) >= 11 is 4.54. The van der Waals surface area contributed by atoms with Crippen molar-refractivity contribution in [3.05, 3.63) is 63.6 Å². The molecule has 0 aliphatic heterocycles. The number of aromatic nitrogens is 1. The first-order valence-corrected chi connectivity index (χ1v) is 11.6. The van der Waals surface area contributed by atoms with E-state index in [9.17, 15) is 13.2 Å². The average Bonchev–Trinajstić information content (AvgIpc) is 3.10. The molecule has 0 saturated carbocycles. The number of nitrogens with zero attached hydrogens (tertiary/aromatic N) is 1. The van der Waals surface area contributed by atoms with Crippen LogP contribution in [0.2, 0.25) is 0 Å². The van der Waals surface area contributed by atoms with E-state index in [0.29, 0.717) is 17.1 Å². The Morgan fingerprint density at radius 2 is 1.93 bits per heavy atom. The van der Waals surface area contributed by atoms with Crippen LogP contribution in [-0.2, 0) is 21.2 Å². The molecule has 2 aromatic carbocycles. The summed E-state index contributed by atoms with van der Waals surface area (Å²) in [5.74, 6) is 0.328. The van der Waals surface area contributed by atoms with Crippen LogP contribution in [0, 0.1) is 6.92 Å². The Balaban J connectivity index is 1.63. The number of sulfonamides is 1. The predicted octanol–water partition coefficient (Wildman–Crippen LogP) is 4.20. The summed E-state index contributed by atoms with van der Waals surface area (Å²) in [4.78, 5) is 16.5. The van der Waals surface area contributed by atoms with Crippen LogP contribution in [0.4, 0.5) is 10.8 Å². The molecule has 0 atom stereocenters. The fraction of sp³-hybridized carbons (Fsp3) is 0.158. The third kappa shape index (κ3) is 5.55. The molecule has 152 valence electrons. The number of aryl methyl sites for hydroxylation is 1. The van der Waals surface area contributed by atoms with Gasteiger partial charge in [-0.25, -0.2) is 13.4 Å². The van der Waals surface area contributed by atoms with Gasteiger partial charge in [0.25, 0.3) is 10.0 Å². The molecule has 0 aliphatic rings. The van der Waals surface area contributed by atoms with Crippen molar-refractivity contribution in [2.75, 3.05) is 17.1 Å². The van der Waals surface area contributed by atoms with Gasteiger partial charge in [0, 0.05) is 15.5 Å². The number of hydrogen-bond donors (Lipinski definition) is 2. The fourth-order valence-corrected chi connectivity index (χ4v) is 4.67. The van der Waals surface area contributed by atoms with Crippen molar-refractivity contribution < 1.29 is 17.9 Å². The number of thiazole rings is 1. The monoisotopic (exact) mass is 495 g/mol. The smallest absolute Gasteiger partial charge is 0.263 e. The molecule has 0 radical (unpaired) electrons. The summed E-state index contributed by atoms with van der Waals surface area (Å²) < 4.78 is 33.4. The SMILES string of the molecule is COc1ccc(S(=O)(=O)Nc2nc(CC(=O)Nc3ccc(Br)c(C)c3)cs2)cc1. The molecule has 1 aromatic heterocycles.